The molecule has 0 saturated carbocycles. The fraction of sp³-hybridized carbons (Fsp3) is 0.0370. The molecule has 0 N–H and O–H groups in total. The standard InChI is InChI=1S/C54H28N4/c1-3-19-43-27(9-1)29-11-5-13-31-37-23-47-39(21-45(37)55(43)51(29)31)33-15-7-17-35-41-26-50-42(25-49(41)57(47)53(33)35)36-18-8-16-34-40-22-46-38(24-48(40)58(50)54(34)36)32-14-6-12-30-28-10-2-4-20-44(28)56(46)52(30)32/h1-26,37,45H. The van der Waals surface area contributed by atoms with Crippen molar-refractivity contribution in [3.63, 3.8) is 0 Å². The van der Waals surface area contributed by atoms with Gasteiger partial charge in [0, 0.05) is 86.7 Å². The third-order valence-electron chi connectivity index (χ3n) is 14.8. The highest BCUT2D eigenvalue weighted by Gasteiger charge is 2.36. The van der Waals surface area contributed by atoms with Crippen molar-refractivity contribution in [2.75, 3.05) is 0 Å². The van der Waals surface area contributed by atoms with Crippen LogP contribution < -0.4 is 10.6 Å². The van der Waals surface area contributed by atoms with Crippen LogP contribution in [0.5, 0.6) is 0 Å². The summed E-state index contributed by atoms with van der Waals surface area (Å²) in [5.41, 5.74) is 14.6. The zero-order valence-corrected chi connectivity index (χ0v) is 31.0. The Morgan fingerprint density at radius 3 is 1.36 bits per heavy atom. The molecule has 0 saturated heterocycles. The van der Waals surface area contributed by atoms with Gasteiger partial charge in [0.15, 0.2) is 0 Å². The average Bonchev–Trinajstić information content (AvgIpc) is 4.15. The van der Waals surface area contributed by atoms with Crippen molar-refractivity contribution in [2.24, 2.45) is 0 Å². The van der Waals surface area contributed by atoms with Crippen LogP contribution in [0.4, 0.5) is 0 Å². The Morgan fingerprint density at radius 1 is 0.310 bits per heavy atom. The second-order valence-electron chi connectivity index (χ2n) is 17.2. The van der Waals surface area contributed by atoms with Gasteiger partial charge in [-0.05, 0) is 48.0 Å². The molecule has 0 bridgehead atoms. The van der Waals surface area contributed by atoms with Crippen LogP contribution in [0.3, 0.4) is 0 Å². The Balaban J connectivity index is 0.994. The minimum absolute atomic E-state index is 0.251. The van der Waals surface area contributed by atoms with Gasteiger partial charge in [-0.1, -0.05) is 115 Å². The van der Waals surface area contributed by atoms with E-state index < -0.39 is 0 Å². The van der Waals surface area contributed by atoms with E-state index in [0.717, 1.165) is 0 Å². The van der Waals surface area contributed by atoms with Crippen molar-refractivity contribution in [1.82, 2.24) is 17.8 Å². The topological polar surface area (TPSA) is 18.2 Å². The van der Waals surface area contributed by atoms with E-state index in [1.54, 1.807) is 0 Å². The molecule has 0 amide bonds. The first-order valence-corrected chi connectivity index (χ1v) is 20.5. The number of fused-ring (bicyclic) bond motifs is 24. The molecule has 17 rings (SSSR count). The minimum atomic E-state index is 0.251. The quantitative estimate of drug-likeness (QED) is 0.148. The molecule has 0 radical (unpaired) electrons. The molecule has 8 heterocycles. The summed E-state index contributed by atoms with van der Waals surface area (Å²) in [6, 6.07) is 55.7. The second-order valence-corrected chi connectivity index (χ2v) is 17.2. The maximum absolute atomic E-state index is 2.62. The molecule has 264 valence electrons. The molecular weight excluding hydrogens is 705 g/mol. The number of benzene rings is 8. The summed E-state index contributed by atoms with van der Waals surface area (Å²) in [6.45, 7) is 0. The predicted molar refractivity (Wildman–Crippen MR) is 242 cm³/mol. The third-order valence-corrected chi connectivity index (χ3v) is 14.8. The lowest BCUT2D eigenvalue weighted by atomic mass is 9.89. The van der Waals surface area contributed by atoms with Gasteiger partial charge in [0.1, 0.15) is 0 Å². The van der Waals surface area contributed by atoms with Crippen molar-refractivity contribution in [3.05, 3.63) is 162 Å². The minimum Gasteiger partial charge on any atom is -0.332 e. The molecule has 15 aromatic rings. The lowest BCUT2D eigenvalue weighted by molar-refractivity contribution is 0.663. The number of nitrogens with zero attached hydrogens (tertiary/aromatic N) is 4. The molecule has 2 unspecified atom stereocenters. The first-order valence-electron chi connectivity index (χ1n) is 20.5. The molecule has 0 spiro atoms. The van der Waals surface area contributed by atoms with E-state index in [-0.39, 0.29) is 12.0 Å². The molecule has 7 aromatic heterocycles. The Bertz CT molecular complexity index is 4570. The average molecular weight is 733 g/mol. The molecular formula is C54H28N4. The van der Waals surface area contributed by atoms with Crippen molar-refractivity contribution < 1.29 is 0 Å². The first-order chi connectivity index (χ1) is 28.8. The molecule has 8 aromatic carbocycles. The molecule has 1 aliphatic heterocycles. The van der Waals surface area contributed by atoms with Crippen LogP contribution in [0.1, 0.15) is 17.5 Å². The van der Waals surface area contributed by atoms with Crippen LogP contribution in [-0.2, 0) is 0 Å². The number of para-hydroxylation sites is 6. The fourth-order valence-electron chi connectivity index (χ4n) is 12.7. The van der Waals surface area contributed by atoms with Crippen LogP contribution in [0.15, 0.2) is 146 Å². The molecule has 2 atom stereocenters. The summed E-state index contributed by atoms with van der Waals surface area (Å²) < 4.78 is 10.3. The summed E-state index contributed by atoms with van der Waals surface area (Å²) in [5, 5.41) is 19.9. The zero-order valence-electron chi connectivity index (χ0n) is 31.0. The lowest BCUT2D eigenvalue weighted by Gasteiger charge is -2.20. The van der Waals surface area contributed by atoms with E-state index >= 15 is 0 Å². The summed E-state index contributed by atoms with van der Waals surface area (Å²) in [7, 11) is 0. The van der Waals surface area contributed by atoms with Gasteiger partial charge in [0.25, 0.3) is 0 Å². The Morgan fingerprint density at radius 2 is 0.741 bits per heavy atom. The zero-order chi connectivity index (χ0) is 36.9. The van der Waals surface area contributed by atoms with Crippen LogP contribution >= 0.6 is 0 Å². The van der Waals surface area contributed by atoms with Crippen LogP contribution in [0, 0.1) is 0 Å². The predicted octanol–water partition coefficient (Wildman–Crippen LogP) is 12.0. The van der Waals surface area contributed by atoms with Crippen LogP contribution in [0.25, 0.3) is 137 Å². The Kier molecular flexibility index (Phi) is 4.27. The molecule has 4 nitrogen and oxygen atoms in total. The summed E-state index contributed by atoms with van der Waals surface area (Å²) >= 11 is 0. The second kappa shape index (κ2) is 8.86. The largest absolute Gasteiger partial charge is 0.332 e. The van der Waals surface area contributed by atoms with Crippen molar-refractivity contribution in [2.45, 2.75) is 12.0 Å². The van der Waals surface area contributed by atoms with Crippen molar-refractivity contribution in [1.29, 1.82) is 0 Å². The molecule has 4 heteroatoms. The van der Waals surface area contributed by atoms with E-state index in [9.17, 15) is 0 Å². The van der Waals surface area contributed by atoms with Gasteiger partial charge in [0.05, 0.1) is 61.0 Å². The van der Waals surface area contributed by atoms with Gasteiger partial charge in [-0.2, -0.15) is 0 Å². The van der Waals surface area contributed by atoms with Crippen molar-refractivity contribution in [3.8, 4) is 0 Å². The molecule has 2 aliphatic rings. The van der Waals surface area contributed by atoms with E-state index in [4.69, 9.17) is 0 Å². The summed E-state index contributed by atoms with van der Waals surface area (Å²) in [4.78, 5) is 0. The van der Waals surface area contributed by atoms with Gasteiger partial charge in [-0.3, -0.25) is 0 Å². The first kappa shape index (κ1) is 27.9. The van der Waals surface area contributed by atoms with Gasteiger partial charge in [-0.25, -0.2) is 0 Å². The number of hydrogen-bond acceptors (Lipinski definition) is 0. The van der Waals surface area contributed by atoms with Crippen LogP contribution in [0.2, 0.25) is 0 Å². The van der Waals surface area contributed by atoms with E-state index in [1.807, 2.05) is 0 Å². The fourth-order valence-corrected chi connectivity index (χ4v) is 12.7. The van der Waals surface area contributed by atoms with Gasteiger partial charge in [0.2, 0.25) is 0 Å². The van der Waals surface area contributed by atoms with Gasteiger partial charge < -0.3 is 17.8 Å². The monoisotopic (exact) mass is 732 g/mol. The highest BCUT2D eigenvalue weighted by molar-refractivity contribution is 6.30. The highest BCUT2D eigenvalue weighted by Crippen LogP contribution is 2.50. The van der Waals surface area contributed by atoms with Crippen molar-refractivity contribution >= 4 is 137 Å². The highest BCUT2D eigenvalue weighted by atomic mass is 15.1. The number of rotatable bonds is 0. The molecule has 1 aliphatic carbocycles. The van der Waals surface area contributed by atoms with Crippen LogP contribution in [-0.4, -0.2) is 17.8 Å². The van der Waals surface area contributed by atoms with E-state index in [2.05, 4.69) is 176 Å². The Hall–Kier alpha value is -7.56. The normalized spacial score (nSPS) is 16.9. The maximum Gasteiger partial charge on any atom is 0.0637 e. The molecule has 58 heavy (non-hydrogen) atoms. The SMILES string of the molecule is C1=c2c(n3c4cc5c6cccc7c8cc9c(cc8n(c5cc4c4cccc2c43)c67)c2cccc3c4ccccc4n9c32)=CC2c3cccc4c5ccccc5n(c34)C12. The summed E-state index contributed by atoms with van der Waals surface area (Å²) in [6.07, 6.45) is 5.19. The third kappa shape index (κ3) is 2.77. The van der Waals surface area contributed by atoms with E-state index in [1.165, 1.54) is 141 Å². The molecule has 0 fully saturated rings. The number of aromatic nitrogens is 4. The van der Waals surface area contributed by atoms with Gasteiger partial charge in [-0.15, -0.1) is 0 Å². The van der Waals surface area contributed by atoms with Gasteiger partial charge >= 0.3 is 0 Å². The summed E-state index contributed by atoms with van der Waals surface area (Å²) in [5.74, 6) is 0.284. The Labute approximate surface area is 327 Å². The maximum atomic E-state index is 2.62. The lowest BCUT2D eigenvalue weighted by Crippen LogP contribution is -2.32. The number of hydrogen-bond donors (Lipinski definition) is 0. The van der Waals surface area contributed by atoms with E-state index in [0.29, 0.717) is 0 Å². The smallest absolute Gasteiger partial charge is 0.0637 e.